The van der Waals surface area contributed by atoms with Crippen LogP contribution in [0.25, 0.3) is 0 Å². The normalized spacial score (nSPS) is 17.3. The molecule has 0 atom stereocenters. The Kier molecular flexibility index (Phi) is 10.7. The zero-order chi connectivity index (χ0) is 37.4. The molecule has 0 aromatic heterocycles. The van der Waals surface area contributed by atoms with Crippen molar-refractivity contribution in [3.8, 4) is 5.75 Å². The second kappa shape index (κ2) is 14.4. The summed E-state index contributed by atoms with van der Waals surface area (Å²) >= 11 is 0. The molecular formula is C38H46N3O8S2+. The molecule has 0 bridgehead atoms. The molecule has 5 rings (SSSR count). The lowest BCUT2D eigenvalue weighted by Gasteiger charge is -2.27. The van der Waals surface area contributed by atoms with Crippen molar-refractivity contribution in [1.29, 1.82) is 0 Å². The van der Waals surface area contributed by atoms with Crippen molar-refractivity contribution in [2.75, 3.05) is 25.0 Å². The summed E-state index contributed by atoms with van der Waals surface area (Å²) < 4.78 is 69.3. The molecular weight excluding hydrogens is 691 g/mol. The van der Waals surface area contributed by atoms with E-state index in [4.69, 9.17) is 0 Å². The number of fused-ring (bicyclic) bond motifs is 2. The molecule has 2 aliphatic rings. The molecule has 2 aliphatic heterocycles. The number of anilines is 1. The van der Waals surface area contributed by atoms with Gasteiger partial charge in [0.05, 0.1) is 15.2 Å². The Hall–Kier alpha value is -4.30. The van der Waals surface area contributed by atoms with Crippen molar-refractivity contribution in [3.63, 3.8) is 0 Å². The molecule has 0 radical (unpaired) electrons. The van der Waals surface area contributed by atoms with Crippen LogP contribution in [0.15, 0.2) is 94.4 Å². The van der Waals surface area contributed by atoms with Gasteiger partial charge in [0.25, 0.3) is 20.2 Å². The first-order valence-corrected chi connectivity index (χ1v) is 19.8. The number of carbonyl (C=O) groups is 1. The van der Waals surface area contributed by atoms with Gasteiger partial charge in [-0.1, -0.05) is 38.5 Å². The third kappa shape index (κ3) is 8.12. The fourth-order valence-electron chi connectivity index (χ4n) is 7.09. The van der Waals surface area contributed by atoms with Gasteiger partial charge in [-0.25, -0.2) is 0 Å². The largest absolute Gasteiger partial charge is 0.508 e. The van der Waals surface area contributed by atoms with Crippen LogP contribution in [-0.2, 0) is 42.3 Å². The van der Waals surface area contributed by atoms with Gasteiger partial charge in [-0.15, -0.1) is 0 Å². The number of unbranched alkanes of at least 4 members (excludes halogenated alkanes) is 2. The summed E-state index contributed by atoms with van der Waals surface area (Å²) in [7, 11) is -6.88. The first kappa shape index (κ1) is 37.9. The van der Waals surface area contributed by atoms with Crippen molar-refractivity contribution in [1.82, 2.24) is 5.32 Å². The van der Waals surface area contributed by atoms with Crippen LogP contribution in [0.3, 0.4) is 0 Å². The number of hydrogen-bond acceptors (Lipinski definition) is 7. The van der Waals surface area contributed by atoms with E-state index in [-0.39, 0.29) is 21.4 Å². The molecule has 0 spiro atoms. The number of phenolic OH excluding ortho intramolecular Hbond substituents is 1. The number of hydrogen-bond donors (Lipinski definition) is 4. The number of aromatic hydroxyl groups is 1. The SMILES string of the molecule is C[N+]1=C(/C=C/C=C2/N(CCCCCC(=O)NCCc3ccc(O)cc3)c3ccc(S(=O)(=O)O)cc3C2(C)C)C(C)(C)c2cc(S(=O)(=O)O)ccc21. The Balaban J connectivity index is 1.31. The maximum absolute atomic E-state index is 12.5. The van der Waals surface area contributed by atoms with Gasteiger partial charge < -0.3 is 15.3 Å². The smallest absolute Gasteiger partial charge is 0.294 e. The van der Waals surface area contributed by atoms with Crippen LogP contribution in [0.4, 0.5) is 11.4 Å². The Morgan fingerprint density at radius 3 is 2.12 bits per heavy atom. The Morgan fingerprint density at radius 2 is 1.47 bits per heavy atom. The number of carbonyl (C=O) groups excluding carboxylic acids is 1. The second-order valence-corrected chi connectivity index (χ2v) is 17.0. The molecule has 272 valence electrons. The van der Waals surface area contributed by atoms with Gasteiger partial charge in [-0.3, -0.25) is 13.9 Å². The monoisotopic (exact) mass is 736 g/mol. The van der Waals surface area contributed by atoms with Gasteiger partial charge in [0, 0.05) is 54.0 Å². The molecule has 13 heteroatoms. The summed E-state index contributed by atoms with van der Waals surface area (Å²) in [6, 6.07) is 16.1. The molecule has 11 nitrogen and oxygen atoms in total. The quantitative estimate of drug-likeness (QED) is 0.0930. The van der Waals surface area contributed by atoms with Crippen LogP contribution in [0.1, 0.15) is 70.1 Å². The number of phenols is 1. The summed E-state index contributed by atoms with van der Waals surface area (Å²) in [6.45, 7) is 9.13. The number of nitrogens with zero attached hydrogens (tertiary/aromatic N) is 2. The van der Waals surface area contributed by atoms with E-state index in [1.165, 1.54) is 24.3 Å². The predicted octanol–water partition coefficient (Wildman–Crippen LogP) is 6.05. The van der Waals surface area contributed by atoms with Gasteiger partial charge >= 0.3 is 0 Å². The first-order chi connectivity index (χ1) is 23.8. The summed E-state index contributed by atoms with van der Waals surface area (Å²) in [4.78, 5) is 14.3. The topological polar surface area (TPSA) is 164 Å². The molecule has 0 fully saturated rings. The van der Waals surface area contributed by atoms with Crippen molar-refractivity contribution < 1.29 is 40.4 Å². The lowest BCUT2D eigenvalue weighted by molar-refractivity contribution is -0.401. The predicted molar refractivity (Wildman–Crippen MR) is 197 cm³/mol. The molecule has 0 aliphatic carbocycles. The zero-order valence-electron chi connectivity index (χ0n) is 29.5. The fraction of sp³-hybridized carbons (Fsp3) is 0.368. The molecule has 4 N–H and O–H groups in total. The van der Waals surface area contributed by atoms with E-state index in [0.29, 0.717) is 32.4 Å². The molecule has 2 heterocycles. The minimum Gasteiger partial charge on any atom is -0.508 e. The summed E-state index contributed by atoms with van der Waals surface area (Å²) in [5, 5.41) is 12.4. The minimum atomic E-state index is -4.41. The van der Waals surface area contributed by atoms with Crippen LogP contribution in [0, 0.1) is 0 Å². The van der Waals surface area contributed by atoms with Crippen molar-refractivity contribution >= 4 is 43.2 Å². The zero-order valence-corrected chi connectivity index (χ0v) is 31.2. The summed E-state index contributed by atoms with van der Waals surface area (Å²) in [6.07, 6.45) is 9.26. The molecule has 0 saturated carbocycles. The van der Waals surface area contributed by atoms with Crippen LogP contribution in [-0.4, -0.2) is 67.4 Å². The third-order valence-electron chi connectivity index (χ3n) is 9.93. The van der Waals surface area contributed by atoms with Gasteiger partial charge in [0.15, 0.2) is 5.71 Å². The van der Waals surface area contributed by atoms with Gasteiger partial charge in [0.1, 0.15) is 12.8 Å². The number of rotatable bonds is 13. The molecule has 3 aromatic rings. The van der Waals surface area contributed by atoms with E-state index in [1.54, 1.807) is 24.3 Å². The van der Waals surface area contributed by atoms with Crippen molar-refractivity contribution in [3.05, 3.63) is 101 Å². The minimum absolute atomic E-state index is 0.0152. The third-order valence-corrected chi connectivity index (χ3v) is 11.6. The highest BCUT2D eigenvalue weighted by Crippen LogP contribution is 2.49. The van der Waals surface area contributed by atoms with E-state index in [0.717, 1.165) is 52.3 Å². The lowest BCUT2D eigenvalue weighted by atomic mass is 9.81. The van der Waals surface area contributed by atoms with Gasteiger partial charge in [-0.05, 0) is 92.8 Å². The standard InChI is InChI=1S/C38H45N3O8S2/c1-37(2)30-24-28(50(44,45)46)17-19-32(30)40(5)34(37)10-9-11-35-38(3,4)31-25-29(51(47,48)49)18-20-33(31)41(35)23-8-6-7-12-36(43)39-22-21-26-13-15-27(42)16-14-26/h9-11,13-20,24-25H,6-8,12,21-23H2,1-5H3,(H3-,39,42,43,44,45,46,47,48,49)/p+1. The maximum Gasteiger partial charge on any atom is 0.294 e. The van der Waals surface area contributed by atoms with E-state index in [2.05, 4.69) is 10.2 Å². The highest BCUT2D eigenvalue weighted by molar-refractivity contribution is 7.86. The average Bonchev–Trinajstić information content (AvgIpc) is 3.38. The Morgan fingerprint density at radius 1 is 0.843 bits per heavy atom. The molecule has 1 amide bonds. The highest BCUT2D eigenvalue weighted by Gasteiger charge is 2.44. The van der Waals surface area contributed by atoms with Crippen molar-refractivity contribution in [2.24, 2.45) is 0 Å². The van der Waals surface area contributed by atoms with Gasteiger partial charge in [-0.2, -0.15) is 21.4 Å². The lowest BCUT2D eigenvalue weighted by Crippen LogP contribution is -2.28. The van der Waals surface area contributed by atoms with E-state index in [9.17, 15) is 35.8 Å². The van der Waals surface area contributed by atoms with Crippen LogP contribution in [0.2, 0.25) is 0 Å². The van der Waals surface area contributed by atoms with Crippen LogP contribution < -0.4 is 10.2 Å². The van der Waals surface area contributed by atoms with E-state index < -0.39 is 31.1 Å². The number of amides is 1. The Bertz CT molecular complexity index is 2150. The van der Waals surface area contributed by atoms with E-state index in [1.807, 2.05) is 69.7 Å². The van der Waals surface area contributed by atoms with Crippen molar-refractivity contribution in [2.45, 2.75) is 80.4 Å². The first-order valence-electron chi connectivity index (χ1n) is 16.9. The maximum atomic E-state index is 12.5. The van der Waals surface area contributed by atoms with Crippen LogP contribution >= 0.6 is 0 Å². The highest BCUT2D eigenvalue weighted by atomic mass is 32.2. The number of allylic oxidation sites excluding steroid dienone is 4. The summed E-state index contributed by atoms with van der Waals surface area (Å²) in [5.41, 5.74) is 4.89. The molecule has 0 saturated heterocycles. The average molecular weight is 737 g/mol. The summed E-state index contributed by atoms with van der Waals surface area (Å²) in [5.74, 6) is 0.191. The van der Waals surface area contributed by atoms with Gasteiger partial charge in [0.2, 0.25) is 11.6 Å². The fourth-order valence-corrected chi connectivity index (χ4v) is 8.11. The molecule has 0 unspecified atom stereocenters. The molecule has 3 aromatic carbocycles. The number of benzene rings is 3. The second-order valence-electron chi connectivity index (χ2n) is 14.1. The van der Waals surface area contributed by atoms with Crippen LogP contribution in [0.5, 0.6) is 5.75 Å². The Labute approximate surface area is 300 Å². The molecule has 51 heavy (non-hydrogen) atoms. The number of nitrogens with one attached hydrogen (secondary N) is 1. The van der Waals surface area contributed by atoms with E-state index >= 15 is 0 Å².